The second-order valence-corrected chi connectivity index (χ2v) is 10.5. The van der Waals surface area contributed by atoms with Gasteiger partial charge in [-0.25, -0.2) is 0 Å². The Morgan fingerprint density at radius 1 is 0.583 bits per heavy atom. The van der Waals surface area contributed by atoms with Gasteiger partial charge in [-0.15, -0.1) is 81.2 Å². The van der Waals surface area contributed by atoms with Crippen molar-refractivity contribution in [2.24, 2.45) is 0 Å². The van der Waals surface area contributed by atoms with Crippen molar-refractivity contribution in [3.8, 4) is 0 Å². The normalized spacial score (nSPS) is 20.9. The van der Waals surface area contributed by atoms with E-state index in [1.165, 1.54) is 0 Å². The van der Waals surface area contributed by atoms with Crippen molar-refractivity contribution >= 4 is 81.2 Å². The van der Waals surface area contributed by atoms with Gasteiger partial charge in [0.1, 0.15) is 0 Å². The molecule has 0 amide bonds. The van der Waals surface area contributed by atoms with Crippen LogP contribution in [0.4, 0.5) is 0 Å². The van der Waals surface area contributed by atoms with Gasteiger partial charge in [-0.2, -0.15) is 0 Å². The lowest BCUT2D eigenvalue weighted by molar-refractivity contribution is 0.553. The van der Waals surface area contributed by atoms with E-state index in [-0.39, 0.29) is 32.3 Å². The number of hydrogen-bond acceptors (Lipinski definition) is 0. The summed E-state index contributed by atoms with van der Waals surface area (Å²) in [5, 5.41) is -0.851. The summed E-state index contributed by atoms with van der Waals surface area (Å²) in [6.45, 7) is 4.03. The monoisotopic (exact) mass is 478 g/mol. The van der Waals surface area contributed by atoms with Crippen LogP contribution in [0.15, 0.2) is 0 Å². The van der Waals surface area contributed by atoms with Gasteiger partial charge in [0.15, 0.2) is 0 Å². The Balaban J connectivity index is 4.04. The Morgan fingerprint density at radius 3 is 1.50 bits per heavy atom. The molecule has 0 saturated heterocycles. The van der Waals surface area contributed by atoms with Crippen molar-refractivity contribution in [3.05, 3.63) is 0 Å². The lowest BCUT2D eigenvalue weighted by Gasteiger charge is -2.25. The summed E-state index contributed by atoms with van der Waals surface area (Å²) in [4.78, 5) is 0. The minimum Gasteiger partial charge on any atom is -0.123 e. The van der Waals surface area contributed by atoms with Crippen LogP contribution in [0.2, 0.25) is 0 Å². The first-order valence-electron chi connectivity index (χ1n) is 8.67. The Morgan fingerprint density at radius 2 is 1.04 bits per heavy atom. The molecule has 0 aliphatic rings. The average Bonchev–Trinajstić information content (AvgIpc) is 2.55. The van der Waals surface area contributed by atoms with Crippen LogP contribution in [-0.2, 0) is 0 Å². The van der Waals surface area contributed by atoms with Crippen LogP contribution < -0.4 is 0 Å². The summed E-state index contributed by atoms with van der Waals surface area (Å²) in [5.74, 6) is 0. The van der Waals surface area contributed by atoms with Crippen LogP contribution in [0.1, 0.15) is 65.2 Å². The lowest BCUT2D eigenvalue weighted by Crippen LogP contribution is -2.33. The number of halogens is 7. The van der Waals surface area contributed by atoms with Gasteiger partial charge in [0.25, 0.3) is 0 Å². The number of hydrogen-bond donors (Lipinski definition) is 0. The third kappa shape index (κ3) is 12.4. The van der Waals surface area contributed by atoms with E-state index >= 15 is 0 Å². The minimum atomic E-state index is -0.391. The molecule has 0 aromatic carbocycles. The molecule has 0 aliphatic carbocycles. The second-order valence-electron chi connectivity index (χ2n) is 6.39. The number of alkyl halides is 7. The highest BCUT2D eigenvalue weighted by Crippen LogP contribution is 2.30. The van der Waals surface area contributed by atoms with Gasteiger partial charge < -0.3 is 0 Å². The molecule has 146 valence electrons. The molecule has 0 rings (SSSR count). The molecule has 0 spiro atoms. The molecule has 7 heteroatoms. The van der Waals surface area contributed by atoms with Crippen LogP contribution in [0.25, 0.3) is 0 Å². The van der Waals surface area contributed by atoms with Gasteiger partial charge in [-0.1, -0.05) is 13.3 Å². The molecule has 0 bridgehead atoms. The largest absolute Gasteiger partial charge is 0.123 e. The fourth-order valence-corrected chi connectivity index (χ4v) is 4.23. The Hall–Kier alpha value is 2.03. The van der Waals surface area contributed by atoms with E-state index in [9.17, 15) is 0 Å². The van der Waals surface area contributed by atoms with Crippen molar-refractivity contribution < 1.29 is 0 Å². The molecule has 0 aliphatic heterocycles. The van der Waals surface area contributed by atoms with Crippen molar-refractivity contribution in [1.29, 1.82) is 0 Å². The van der Waals surface area contributed by atoms with Crippen molar-refractivity contribution in [2.75, 3.05) is 0 Å². The quantitative estimate of drug-likeness (QED) is 0.219. The molecule has 7 atom stereocenters. The van der Waals surface area contributed by atoms with Gasteiger partial charge >= 0.3 is 0 Å². The average molecular weight is 482 g/mol. The molecular formula is C17H29Cl7. The SMILES string of the molecule is CCC(Cl)CCCC(Cl)CCC(Cl)C(Cl)C(Cl)C(Cl)CCC(C)Cl. The fourth-order valence-electron chi connectivity index (χ4n) is 2.36. The molecule has 0 radical (unpaired) electrons. The van der Waals surface area contributed by atoms with Crippen LogP contribution in [0.5, 0.6) is 0 Å². The Kier molecular flexibility index (Phi) is 16.3. The predicted molar refractivity (Wildman–Crippen MR) is 116 cm³/mol. The van der Waals surface area contributed by atoms with Crippen molar-refractivity contribution in [3.63, 3.8) is 0 Å². The minimum absolute atomic E-state index is 0.0768. The van der Waals surface area contributed by atoms with E-state index in [1.807, 2.05) is 6.92 Å². The summed E-state index contributed by atoms with van der Waals surface area (Å²) in [6, 6.07) is 0. The van der Waals surface area contributed by atoms with E-state index < -0.39 is 5.38 Å². The lowest BCUT2D eigenvalue weighted by atomic mass is 10.0. The molecule has 0 saturated carbocycles. The maximum Gasteiger partial charge on any atom is 0.0677 e. The van der Waals surface area contributed by atoms with Crippen LogP contribution in [0.3, 0.4) is 0 Å². The highest BCUT2D eigenvalue weighted by atomic mass is 35.5. The van der Waals surface area contributed by atoms with E-state index in [2.05, 4.69) is 6.92 Å². The zero-order valence-electron chi connectivity index (χ0n) is 14.3. The molecule has 0 aromatic heterocycles. The zero-order chi connectivity index (χ0) is 18.7. The second kappa shape index (κ2) is 15.0. The maximum absolute atomic E-state index is 6.40. The summed E-state index contributed by atoms with van der Waals surface area (Å²) in [6.07, 6.45) is 7.03. The molecule has 0 nitrogen and oxygen atoms in total. The molecule has 0 heterocycles. The van der Waals surface area contributed by atoms with Gasteiger partial charge in [-0.05, 0) is 51.9 Å². The summed E-state index contributed by atoms with van der Waals surface area (Å²) in [7, 11) is 0. The van der Waals surface area contributed by atoms with Gasteiger partial charge in [0.2, 0.25) is 0 Å². The third-order valence-corrected chi connectivity index (χ3v) is 7.77. The van der Waals surface area contributed by atoms with Crippen LogP contribution in [-0.4, -0.2) is 37.6 Å². The molecule has 0 aromatic rings. The first kappa shape index (κ1) is 26.0. The van der Waals surface area contributed by atoms with Gasteiger partial charge in [-0.3, -0.25) is 0 Å². The third-order valence-electron chi connectivity index (χ3n) is 4.07. The molecule has 24 heavy (non-hydrogen) atoms. The van der Waals surface area contributed by atoms with Crippen LogP contribution >= 0.6 is 81.2 Å². The maximum atomic E-state index is 6.40. The molecule has 0 N–H and O–H groups in total. The summed E-state index contributed by atoms with van der Waals surface area (Å²) in [5.41, 5.74) is 0. The Bertz CT molecular complexity index is 301. The van der Waals surface area contributed by atoms with E-state index in [0.29, 0.717) is 0 Å². The first-order chi connectivity index (χ1) is 11.2. The van der Waals surface area contributed by atoms with E-state index in [1.54, 1.807) is 0 Å². The number of rotatable bonds is 14. The van der Waals surface area contributed by atoms with Crippen molar-refractivity contribution in [1.82, 2.24) is 0 Å². The molecular weight excluding hydrogens is 452 g/mol. The van der Waals surface area contributed by atoms with E-state index in [0.717, 1.165) is 51.4 Å². The predicted octanol–water partition coefficient (Wildman–Crippen LogP) is 8.40. The van der Waals surface area contributed by atoms with Crippen LogP contribution in [0, 0.1) is 0 Å². The zero-order valence-corrected chi connectivity index (χ0v) is 19.6. The molecule has 7 unspecified atom stereocenters. The Labute approximate surface area is 183 Å². The highest BCUT2D eigenvalue weighted by Gasteiger charge is 2.30. The standard InChI is InChI=1S/C17H29Cl7/c1-3-12(19)5-4-6-13(20)8-10-15(22)17(24)16(23)14(21)9-7-11(2)18/h11-17H,3-10H2,1-2H3. The smallest absolute Gasteiger partial charge is 0.0677 e. The van der Waals surface area contributed by atoms with Gasteiger partial charge in [0.05, 0.1) is 21.5 Å². The molecule has 0 fully saturated rings. The first-order valence-corrected chi connectivity index (χ1v) is 11.7. The highest BCUT2D eigenvalue weighted by molar-refractivity contribution is 6.38. The van der Waals surface area contributed by atoms with Crippen molar-refractivity contribution in [2.45, 2.75) is 103 Å². The van der Waals surface area contributed by atoms with E-state index in [4.69, 9.17) is 81.2 Å². The van der Waals surface area contributed by atoms with Gasteiger partial charge in [0, 0.05) is 16.1 Å². The summed E-state index contributed by atoms with van der Waals surface area (Å²) >= 11 is 43.9. The summed E-state index contributed by atoms with van der Waals surface area (Å²) < 4.78 is 0. The fraction of sp³-hybridized carbons (Fsp3) is 1.00. The topological polar surface area (TPSA) is 0 Å².